The molecule has 0 bridgehead atoms. The fourth-order valence-corrected chi connectivity index (χ4v) is 5.86. The van der Waals surface area contributed by atoms with E-state index in [9.17, 15) is 4.79 Å². The van der Waals surface area contributed by atoms with E-state index in [1.165, 1.54) is 42.6 Å². The minimum Gasteiger partial charge on any atom is -0.336 e. The van der Waals surface area contributed by atoms with Crippen LogP contribution in [0.25, 0.3) is 0 Å². The molecule has 2 fully saturated rings. The first-order valence-corrected chi connectivity index (χ1v) is 11.5. The van der Waals surface area contributed by atoms with Gasteiger partial charge in [0, 0.05) is 24.6 Å². The van der Waals surface area contributed by atoms with Gasteiger partial charge in [-0.05, 0) is 61.4 Å². The number of hydrogen-bond acceptors (Lipinski definition) is 3. The van der Waals surface area contributed by atoms with Crippen molar-refractivity contribution < 1.29 is 4.79 Å². The molecule has 1 aromatic carbocycles. The molecule has 2 heterocycles. The maximum absolute atomic E-state index is 13.5. The normalized spacial score (nSPS) is 26.5. The molecule has 0 aromatic heterocycles. The molecule has 2 aliphatic heterocycles. The number of thioether (sulfide) groups is 1. The second-order valence-corrected chi connectivity index (χ2v) is 9.62. The average Bonchev–Trinajstić information content (AvgIpc) is 3.30. The molecule has 1 aromatic rings. The average molecular weight is 373 g/mol. The zero-order chi connectivity index (χ0) is 18.1. The lowest BCUT2D eigenvalue weighted by Gasteiger charge is -2.39. The Kier molecular flexibility index (Phi) is 5.61. The van der Waals surface area contributed by atoms with Crippen LogP contribution in [-0.2, 0) is 11.2 Å². The van der Waals surface area contributed by atoms with Crippen molar-refractivity contribution in [3.63, 3.8) is 0 Å². The third-order valence-corrected chi connectivity index (χ3v) is 7.48. The molecule has 0 radical (unpaired) electrons. The summed E-state index contributed by atoms with van der Waals surface area (Å²) in [7, 11) is 0. The van der Waals surface area contributed by atoms with Crippen LogP contribution in [0, 0.1) is 0 Å². The van der Waals surface area contributed by atoms with Crippen LogP contribution in [0.4, 0.5) is 0 Å². The van der Waals surface area contributed by atoms with Gasteiger partial charge in [0.15, 0.2) is 0 Å². The summed E-state index contributed by atoms with van der Waals surface area (Å²) in [6.07, 6.45) is 4.70. The Bertz CT molecular complexity index is 654. The quantitative estimate of drug-likeness (QED) is 0.801. The number of aryl methyl sites for hydroxylation is 1. The van der Waals surface area contributed by atoms with Gasteiger partial charge < -0.3 is 9.80 Å². The summed E-state index contributed by atoms with van der Waals surface area (Å²) in [6.45, 7) is 8.92. The van der Waals surface area contributed by atoms with E-state index in [2.05, 4.69) is 41.8 Å². The van der Waals surface area contributed by atoms with Crippen LogP contribution in [0.1, 0.15) is 61.6 Å². The number of carbonyl (C=O) groups is 1. The Morgan fingerprint density at radius 2 is 2.04 bits per heavy atom. The number of benzene rings is 1. The number of nitrogens with zero attached hydrogens (tertiary/aromatic N) is 2. The molecule has 3 aliphatic rings. The summed E-state index contributed by atoms with van der Waals surface area (Å²) < 4.78 is 0. The number of carbonyl (C=O) groups excluding carboxylic acids is 1. The molecule has 2 atom stereocenters. The van der Waals surface area contributed by atoms with Gasteiger partial charge in [-0.2, -0.15) is 11.8 Å². The number of hydrogen-bond donors (Lipinski definition) is 0. The SMILES string of the molecule is CC(C)c1ccc2c(c1)CCC2C(=O)N1CCSCC1CN1CCCC1. The van der Waals surface area contributed by atoms with Gasteiger partial charge in [-0.25, -0.2) is 0 Å². The number of rotatable bonds is 4. The van der Waals surface area contributed by atoms with Crippen molar-refractivity contribution in [3.05, 3.63) is 34.9 Å². The van der Waals surface area contributed by atoms with Crippen molar-refractivity contribution in [1.29, 1.82) is 0 Å². The summed E-state index contributed by atoms with van der Waals surface area (Å²) in [5, 5.41) is 0. The van der Waals surface area contributed by atoms with E-state index in [0.717, 1.165) is 37.4 Å². The van der Waals surface area contributed by atoms with E-state index in [-0.39, 0.29) is 5.92 Å². The van der Waals surface area contributed by atoms with Crippen LogP contribution >= 0.6 is 11.8 Å². The van der Waals surface area contributed by atoms with Crippen molar-refractivity contribution in [2.75, 3.05) is 37.7 Å². The topological polar surface area (TPSA) is 23.6 Å². The summed E-state index contributed by atoms with van der Waals surface area (Å²) in [5.41, 5.74) is 4.12. The third-order valence-electron chi connectivity index (χ3n) is 6.39. The Hall–Kier alpha value is -1.00. The summed E-state index contributed by atoms with van der Waals surface area (Å²) in [4.78, 5) is 18.3. The van der Waals surface area contributed by atoms with Crippen molar-refractivity contribution in [3.8, 4) is 0 Å². The van der Waals surface area contributed by atoms with Crippen LogP contribution in [0.2, 0.25) is 0 Å². The van der Waals surface area contributed by atoms with E-state index in [0.29, 0.717) is 17.9 Å². The fourth-order valence-electron chi connectivity index (χ4n) is 4.81. The molecule has 26 heavy (non-hydrogen) atoms. The first-order valence-electron chi connectivity index (χ1n) is 10.4. The molecule has 0 N–H and O–H groups in total. The van der Waals surface area contributed by atoms with E-state index < -0.39 is 0 Å². The first kappa shape index (κ1) is 18.4. The maximum Gasteiger partial charge on any atom is 0.230 e. The van der Waals surface area contributed by atoms with Crippen LogP contribution in [0.5, 0.6) is 0 Å². The summed E-state index contributed by atoms with van der Waals surface area (Å²) >= 11 is 2.02. The number of likely N-dealkylation sites (tertiary alicyclic amines) is 1. The lowest BCUT2D eigenvalue weighted by molar-refractivity contribution is -0.135. The van der Waals surface area contributed by atoms with Gasteiger partial charge in [0.1, 0.15) is 0 Å². The fraction of sp³-hybridized carbons (Fsp3) is 0.682. The Labute approximate surface area is 162 Å². The lowest BCUT2D eigenvalue weighted by atomic mass is 9.95. The van der Waals surface area contributed by atoms with E-state index in [1.807, 2.05) is 11.8 Å². The minimum absolute atomic E-state index is 0.0930. The molecule has 3 nitrogen and oxygen atoms in total. The molecule has 0 spiro atoms. The molecule has 1 amide bonds. The summed E-state index contributed by atoms with van der Waals surface area (Å²) in [6, 6.07) is 7.23. The molecular formula is C22H32N2OS. The van der Waals surface area contributed by atoms with Crippen molar-refractivity contribution in [2.45, 2.75) is 57.4 Å². The van der Waals surface area contributed by atoms with Crippen LogP contribution in [0.15, 0.2) is 18.2 Å². The molecule has 2 saturated heterocycles. The zero-order valence-electron chi connectivity index (χ0n) is 16.2. The van der Waals surface area contributed by atoms with E-state index >= 15 is 0 Å². The second-order valence-electron chi connectivity index (χ2n) is 8.47. The highest BCUT2D eigenvalue weighted by molar-refractivity contribution is 7.99. The van der Waals surface area contributed by atoms with Crippen LogP contribution in [-0.4, -0.2) is 59.4 Å². The number of amides is 1. The highest BCUT2D eigenvalue weighted by atomic mass is 32.2. The third kappa shape index (κ3) is 3.68. The van der Waals surface area contributed by atoms with Crippen LogP contribution < -0.4 is 0 Å². The highest BCUT2D eigenvalue weighted by Gasteiger charge is 2.36. The molecule has 4 rings (SSSR count). The zero-order valence-corrected chi connectivity index (χ0v) is 17.1. The Morgan fingerprint density at radius 3 is 2.81 bits per heavy atom. The molecule has 2 unspecified atom stereocenters. The molecular weight excluding hydrogens is 340 g/mol. The maximum atomic E-state index is 13.5. The second kappa shape index (κ2) is 7.93. The highest BCUT2D eigenvalue weighted by Crippen LogP contribution is 2.37. The van der Waals surface area contributed by atoms with Gasteiger partial charge in [0.25, 0.3) is 0 Å². The van der Waals surface area contributed by atoms with Crippen molar-refractivity contribution in [1.82, 2.24) is 9.80 Å². The van der Waals surface area contributed by atoms with Gasteiger partial charge in [-0.1, -0.05) is 32.0 Å². The smallest absolute Gasteiger partial charge is 0.230 e. The molecule has 4 heteroatoms. The predicted octanol–water partition coefficient (Wildman–Crippen LogP) is 3.88. The standard InChI is InChI=1S/C22H32N2OS/c1-16(2)17-5-7-20-18(13-17)6-8-21(20)22(25)24-11-12-26-15-19(24)14-23-9-3-4-10-23/h5,7,13,16,19,21H,3-4,6,8-12,14-15H2,1-2H3. The monoisotopic (exact) mass is 372 g/mol. The van der Waals surface area contributed by atoms with Gasteiger partial charge in [-0.15, -0.1) is 0 Å². The minimum atomic E-state index is 0.0930. The van der Waals surface area contributed by atoms with Crippen LogP contribution in [0.3, 0.4) is 0 Å². The van der Waals surface area contributed by atoms with Gasteiger partial charge >= 0.3 is 0 Å². The summed E-state index contributed by atoms with van der Waals surface area (Å²) in [5.74, 6) is 3.24. The molecule has 142 valence electrons. The van der Waals surface area contributed by atoms with E-state index in [4.69, 9.17) is 0 Å². The van der Waals surface area contributed by atoms with Gasteiger partial charge in [0.05, 0.1) is 12.0 Å². The number of fused-ring (bicyclic) bond motifs is 1. The van der Waals surface area contributed by atoms with Gasteiger partial charge in [-0.3, -0.25) is 4.79 Å². The lowest BCUT2D eigenvalue weighted by Crippen LogP contribution is -2.52. The predicted molar refractivity (Wildman–Crippen MR) is 110 cm³/mol. The Morgan fingerprint density at radius 1 is 1.23 bits per heavy atom. The Balaban J connectivity index is 1.50. The largest absolute Gasteiger partial charge is 0.336 e. The van der Waals surface area contributed by atoms with Crippen molar-refractivity contribution >= 4 is 17.7 Å². The van der Waals surface area contributed by atoms with Gasteiger partial charge in [0.2, 0.25) is 5.91 Å². The van der Waals surface area contributed by atoms with Crippen molar-refractivity contribution in [2.24, 2.45) is 0 Å². The molecule has 0 saturated carbocycles. The van der Waals surface area contributed by atoms with E-state index in [1.54, 1.807) is 0 Å². The molecule has 1 aliphatic carbocycles. The first-order chi connectivity index (χ1) is 12.6.